The number of carbonyl (C=O) groups is 1. The number of hydrogen-bond donors (Lipinski definition) is 1. The number of rotatable bonds is 7. The van der Waals surface area contributed by atoms with Crippen LogP contribution in [0.15, 0.2) is 30.3 Å². The zero-order chi connectivity index (χ0) is 14.9. The maximum absolute atomic E-state index is 12.4. The van der Waals surface area contributed by atoms with Crippen molar-refractivity contribution >= 4 is 5.91 Å². The first-order valence-corrected chi connectivity index (χ1v) is 7.96. The molecule has 1 aliphatic heterocycles. The molecule has 4 nitrogen and oxygen atoms in total. The maximum atomic E-state index is 12.4. The van der Waals surface area contributed by atoms with Gasteiger partial charge in [-0.3, -0.25) is 4.79 Å². The molecule has 1 fully saturated rings. The molecule has 1 saturated heterocycles. The molecule has 0 radical (unpaired) electrons. The van der Waals surface area contributed by atoms with Gasteiger partial charge in [0.15, 0.2) is 6.61 Å². The molecule has 1 unspecified atom stereocenters. The van der Waals surface area contributed by atoms with Crippen molar-refractivity contribution in [1.29, 1.82) is 0 Å². The average molecular weight is 290 g/mol. The van der Waals surface area contributed by atoms with E-state index in [1.165, 1.54) is 12.8 Å². The lowest BCUT2D eigenvalue weighted by atomic mass is 9.99. The summed E-state index contributed by atoms with van der Waals surface area (Å²) in [6.07, 6.45) is 3.40. The minimum absolute atomic E-state index is 0.0891. The van der Waals surface area contributed by atoms with E-state index in [1.807, 2.05) is 35.2 Å². The van der Waals surface area contributed by atoms with Crippen LogP contribution < -0.4 is 10.1 Å². The highest BCUT2D eigenvalue weighted by Gasteiger charge is 2.20. The minimum atomic E-state index is 0.0891. The summed E-state index contributed by atoms with van der Waals surface area (Å²) in [5, 5.41) is 3.41. The lowest BCUT2D eigenvalue weighted by Gasteiger charge is -2.30. The molecule has 1 heterocycles. The molecular weight excluding hydrogens is 264 g/mol. The molecule has 0 aromatic heterocycles. The summed E-state index contributed by atoms with van der Waals surface area (Å²) >= 11 is 0. The molecule has 0 aliphatic carbocycles. The van der Waals surface area contributed by atoms with E-state index in [9.17, 15) is 4.79 Å². The predicted octanol–water partition coefficient (Wildman–Crippen LogP) is 2.30. The predicted molar refractivity (Wildman–Crippen MR) is 84.4 cm³/mol. The number of hydrogen-bond acceptors (Lipinski definition) is 3. The number of nitrogens with one attached hydrogen (secondary N) is 1. The van der Waals surface area contributed by atoms with E-state index < -0.39 is 0 Å². The van der Waals surface area contributed by atoms with Gasteiger partial charge < -0.3 is 15.0 Å². The first-order chi connectivity index (χ1) is 10.3. The van der Waals surface area contributed by atoms with Gasteiger partial charge >= 0.3 is 0 Å². The maximum Gasteiger partial charge on any atom is 0.260 e. The van der Waals surface area contributed by atoms with Gasteiger partial charge in [-0.1, -0.05) is 25.1 Å². The van der Waals surface area contributed by atoms with E-state index in [0.29, 0.717) is 5.92 Å². The highest BCUT2D eigenvalue weighted by molar-refractivity contribution is 5.77. The van der Waals surface area contributed by atoms with Gasteiger partial charge in [0.2, 0.25) is 0 Å². The summed E-state index contributed by atoms with van der Waals surface area (Å²) in [7, 11) is 0. The Labute approximate surface area is 127 Å². The largest absolute Gasteiger partial charge is 0.484 e. The second-order valence-corrected chi connectivity index (χ2v) is 5.65. The molecule has 21 heavy (non-hydrogen) atoms. The van der Waals surface area contributed by atoms with E-state index in [-0.39, 0.29) is 12.5 Å². The second-order valence-electron chi connectivity index (χ2n) is 5.65. The molecule has 2 rings (SSSR count). The molecule has 1 amide bonds. The van der Waals surface area contributed by atoms with Crippen molar-refractivity contribution in [3.8, 4) is 5.75 Å². The van der Waals surface area contributed by atoms with Gasteiger partial charge in [-0.05, 0) is 50.4 Å². The van der Waals surface area contributed by atoms with Gasteiger partial charge in [-0.2, -0.15) is 0 Å². The average Bonchev–Trinajstić information content (AvgIpc) is 2.54. The Kier molecular flexibility index (Phi) is 6.54. The van der Waals surface area contributed by atoms with Crippen molar-refractivity contribution in [2.45, 2.75) is 26.2 Å². The van der Waals surface area contributed by atoms with Crippen LogP contribution in [0.5, 0.6) is 5.75 Å². The third kappa shape index (κ3) is 5.38. The number of ether oxygens (including phenoxy) is 1. The van der Waals surface area contributed by atoms with Crippen molar-refractivity contribution in [3.63, 3.8) is 0 Å². The Morgan fingerprint density at radius 1 is 1.38 bits per heavy atom. The van der Waals surface area contributed by atoms with Gasteiger partial charge in [0.1, 0.15) is 5.75 Å². The molecule has 116 valence electrons. The highest BCUT2D eigenvalue weighted by atomic mass is 16.5. The van der Waals surface area contributed by atoms with Crippen molar-refractivity contribution < 1.29 is 9.53 Å². The summed E-state index contributed by atoms with van der Waals surface area (Å²) in [5.41, 5.74) is 0. The smallest absolute Gasteiger partial charge is 0.260 e. The van der Waals surface area contributed by atoms with Crippen LogP contribution in [0, 0.1) is 5.92 Å². The number of nitrogens with zero attached hydrogens (tertiary/aromatic N) is 1. The highest BCUT2D eigenvalue weighted by Crippen LogP contribution is 2.13. The summed E-state index contributed by atoms with van der Waals surface area (Å²) in [5.74, 6) is 1.42. The summed E-state index contributed by atoms with van der Waals surface area (Å²) in [4.78, 5) is 14.3. The normalized spacial score (nSPS) is 18.2. The lowest BCUT2D eigenvalue weighted by molar-refractivity contribution is -0.134. The number of benzene rings is 1. The Bertz CT molecular complexity index is 416. The zero-order valence-electron chi connectivity index (χ0n) is 12.9. The number of para-hydroxylation sites is 1. The van der Waals surface area contributed by atoms with E-state index in [1.54, 1.807) is 0 Å². The van der Waals surface area contributed by atoms with Crippen LogP contribution in [0.1, 0.15) is 26.2 Å². The third-order valence-electron chi connectivity index (χ3n) is 3.83. The number of amides is 1. The van der Waals surface area contributed by atoms with Crippen LogP contribution >= 0.6 is 0 Å². The van der Waals surface area contributed by atoms with Gasteiger partial charge in [0.05, 0.1) is 0 Å². The Balaban J connectivity index is 1.82. The van der Waals surface area contributed by atoms with Crippen molar-refractivity contribution in [2.24, 2.45) is 5.92 Å². The fourth-order valence-electron chi connectivity index (χ4n) is 2.73. The van der Waals surface area contributed by atoms with Gasteiger partial charge in [-0.25, -0.2) is 0 Å². The molecule has 0 saturated carbocycles. The van der Waals surface area contributed by atoms with Crippen molar-refractivity contribution in [2.75, 3.05) is 32.8 Å². The first kappa shape index (κ1) is 15.8. The van der Waals surface area contributed by atoms with Crippen LogP contribution in [-0.2, 0) is 4.79 Å². The Morgan fingerprint density at radius 2 is 2.19 bits per heavy atom. The molecule has 1 atom stereocenters. The van der Waals surface area contributed by atoms with Gasteiger partial charge in [0.25, 0.3) is 5.91 Å². The van der Waals surface area contributed by atoms with Crippen molar-refractivity contribution in [1.82, 2.24) is 10.2 Å². The van der Waals surface area contributed by atoms with E-state index in [0.717, 1.165) is 38.3 Å². The Hall–Kier alpha value is -1.55. The summed E-state index contributed by atoms with van der Waals surface area (Å²) in [6.45, 7) is 6.02. The molecule has 0 bridgehead atoms. The lowest BCUT2D eigenvalue weighted by Crippen LogP contribution is -2.43. The van der Waals surface area contributed by atoms with Gasteiger partial charge in [0, 0.05) is 13.1 Å². The molecule has 1 aromatic rings. The Morgan fingerprint density at radius 3 is 2.86 bits per heavy atom. The standard InChI is InChI=1S/C17H26N2O2/c1-2-11-19(13-15-7-6-10-18-12-15)17(20)14-21-16-8-4-3-5-9-16/h3-5,8-9,15,18H,2,6-7,10-14H2,1H3. The van der Waals surface area contributed by atoms with Crippen LogP contribution in [0.2, 0.25) is 0 Å². The van der Waals surface area contributed by atoms with E-state index in [2.05, 4.69) is 12.2 Å². The van der Waals surface area contributed by atoms with Crippen LogP contribution in [0.3, 0.4) is 0 Å². The second kappa shape index (κ2) is 8.67. The number of carbonyl (C=O) groups excluding carboxylic acids is 1. The fourth-order valence-corrected chi connectivity index (χ4v) is 2.73. The van der Waals surface area contributed by atoms with Crippen LogP contribution in [0.25, 0.3) is 0 Å². The molecule has 1 aliphatic rings. The molecule has 0 spiro atoms. The van der Waals surface area contributed by atoms with Crippen LogP contribution in [-0.4, -0.2) is 43.6 Å². The number of piperidine rings is 1. The van der Waals surface area contributed by atoms with Gasteiger partial charge in [-0.15, -0.1) is 0 Å². The summed E-state index contributed by atoms with van der Waals surface area (Å²) < 4.78 is 5.58. The molecule has 1 aromatic carbocycles. The first-order valence-electron chi connectivity index (χ1n) is 7.96. The molecule has 4 heteroatoms. The molecule has 1 N–H and O–H groups in total. The van der Waals surface area contributed by atoms with E-state index in [4.69, 9.17) is 4.74 Å². The quantitative estimate of drug-likeness (QED) is 0.838. The topological polar surface area (TPSA) is 41.6 Å². The third-order valence-corrected chi connectivity index (χ3v) is 3.83. The summed E-state index contributed by atoms with van der Waals surface area (Å²) in [6, 6.07) is 9.52. The van der Waals surface area contributed by atoms with Crippen molar-refractivity contribution in [3.05, 3.63) is 30.3 Å². The monoisotopic (exact) mass is 290 g/mol. The zero-order valence-corrected chi connectivity index (χ0v) is 12.9. The SMILES string of the molecule is CCCN(CC1CCCNC1)C(=O)COc1ccccc1. The fraction of sp³-hybridized carbons (Fsp3) is 0.588. The van der Waals surface area contributed by atoms with E-state index >= 15 is 0 Å². The minimum Gasteiger partial charge on any atom is -0.484 e. The van der Waals surface area contributed by atoms with Crippen LogP contribution in [0.4, 0.5) is 0 Å². The molecular formula is C17H26N2O2.